The zero-order chi connectivity index (χ0) is 7.72. The molecule has 1 aromatic heterocycles. The fourth-order valence-corrected chi connectivity index (χ4v) is 2.91. The van der Waals surface area contributed by atoms with Gasteiger partial charge in [-0.1, -0.05) is 0 Å². The van der Waals surface area contributed by atoms with Crippen molar-refractivity contribution in [2.24, 2.45) is 0 Å². The van der Waals surface area contributed by atoms with Crippen LogP contribution in [0.15, 0.2) is 0 Å². The number of aryl methyl sites for hydroxylation is 2. The van der Waals surface area contributed by atoms with E-state index in [0.717, 1.165) is 0 Å². The van der Waals surface area contributed by atoms with Crippen LogP contribution in [0, 0.1) is 20.8 Å². The van der Waals surface area contributed by atoms with E-state index in [0.29, 0.717) is 0 Å². The van der Waals surface area contributed by atoms with E-state index in [1.54, 1.807) is 0 Å². The summed E-state index contributed by atoms with van der Waals surface area (Å²) in [6, 6.07) is 0. The van der Waals surface area contributed by atoms with Crippen LogP contribution in [0.4, 0.5) is 0 Å². The van der Waals surface area contributed by atoms with Gasteiger partial charge in [-0.2, -0.15) is 0 Å². The van der Waals surface area contributed by atoms with Crippen LogP contribution in [0.5, 0.6) is 0 Å². The molecular formula is C8H10STi. The Hall–Kier alpha value is 0.284. The Morgan fingerprint density at radius 3 is 2.00 bits per heavy atom. The van der Waals surface area contributed by atoms with Gasteiger partial charge < -0.3 is 0 Å². The van der Waals surface area contributed by atoms with Crippen molar-refractivity contribution in [1.82, 2.24) is 0 Å². The first-order chi connectivity index (χ1) is 4.66. The topological polar surface area (TPSA) is 0 Å². The van der Waals surface area contributed by atoms with E-state index in [9.17, 15) is 0 Å². The minimum absolute atomic E-state index is 1.43. The molecule has 0 aromatic carbocycles. The number of hydrogen-bond acceptors (Lipinski definition) is 1. The summed E-state index contributed by atoms with van der Waals surface area (Å²) in [5.41, 5.74) is 2.88. The van der Waals surface area contributed by atoms with Gasteiger partial charge >= 0.3 is 77.3 Å². The first kappa shape index (κ1) is 8.38. The minimum atomic E-state index is 1.43. The predicted octanol–water partition coefficient (Wildman–Crippen LogP) is 2.37. The molecule has 10 heavy (non-hydrogen) atoms. The van der Waals surface area contributed by atoms with Crippen molar-refractivity contribution >= 4 is 15.7 Å². The summed E-state index contributed by atoms with van der Waals surface area (Å²) in [6.45, 7) is 6.55. The van der Waals surface area contributed by atoms with Gasteiger partial charge in [0.2, 0.25) is 0 Å². The average Bonchev–Trinajstić information content (AvgIpc) is 2.09. The molecule has 0 radical (unpaired) electrons. The molecule has 0 bridgehead atoms. The van der Waals surface area contributed by atoms with Gasteiger partial charge in [0.25, 0.3) is 0 Å². The van der Waals surface area contributed by atoms with Gasteiger partial charge in [-0.05, 0) is 0 Å². The number of hydrogen-bond donors (Lipinski definition) is 0. The fourth-order valence-electron chi connectivity index (χ4n) is 1.02. The van der Waals surface area contributed by atoms with Crippen molar-refractivity contribution in [2.75, 3.05) is 0 Å². The van der Waals surface area contributed by atoms with E-state index >= 15 is 0 Å². The van der Waals surface area contributed by atoms with Crippen molar-refractivity contribution in [3.8, 4) is 0 Å². The monoisotopic (exact) mass is 186 g/mol. The molecule has 1 aromatic rings. The molecule has 0 fully saturated rings. The summed E-state index contributed by atoms with van der Waals surface area (Å²) in [5, 5.41) is 0. The molecule has 0 unspecified atom stereocenters. The summed E-state index contributed by atoms with van der Waals surface area (Å²) in [7, 11) is 0. The number of thiophene rings is 1. The van der Waals surface area contributed by atoms with Crippen molar-refractivity contribution in [2.45, 2.75) is 20.8 Å². The molecule has 0 aliphatic carbocycles. The molecule has 0 aliphatic rings. The third kappa shape index (κ3) is 1.31. The molecule has 2 heteroatoms. The van der Waals surface area contributed by atoms with Gasteiger partial charge in [0.1, 0.15) is 0 Å². The van der Waals surface area contributed by atoms with Crippen LogP contribution in [0.2, 0.25) is 0 Å². The predicted molar refractivity (Wildman–Crippen MR) is 43.7 cm³/mol. The quantitative estimate of drug-likeness (QED) is 0.590. The molecule has 0 spiro atoms. The summed E-state index contributed by atoms with van der Waals surface area (Å²) in [4.78, 5) is 2.89. The summed E-state index contributed by atoms with van der Waals surface area (Å²) in [6.07, 6.45) is 0. The van der Waals surface area contributed by atoms with Crippen LogP contribution in [0.25, 0.3) is 0 Å². The van der Waals surface area contributed by atoms with Crippen LogP contribution in [0.3, 0.4) is 0 Å². The fraction of sp³-hybridized carbons (Fsp3) is 0.375. The molecule has 0 saturated heterocycles. The van der Waals surface area contributed by atoms with Crippen LogP contribution in [-0.2, 0) is 20.0 Å². The van der Waals surface area contributed by atoms with Crippen LogP contribution < -0.4 is 0 Å². The van der Waals surface area contributed by atoms with E-state index < -0.39 is 0 Å². The third-order valence-electron chi connectivity index (χ3n) is 1.76. The Labute approximate surface area is 77.2 Å². The normalized spacial score (nSPS) is 9.80. The van der Waals surface area contributed by atoms with Crippen molar-refractivity contribution in [3.63, 3.8) is 0 Å². The third-order valence-corrected chi connectivity index (χ3v) is 3.35. The standard InChI is InChI=1S/C8H10S.Ti/c1-5-6(2)8(4)9-7(5)3;/h1H,2-4H3;. The summed E-state index contributed by atoms with van der Waals surface area (Å²) in [5.74, 6) is 0. The molecule has 1 heterocycles. The second-order valence-corrected chi connectivity index (χ2v) is 4.28. The van der Waals surface area contributed by atoms with Crippen LogP contribution in [0.1, 0.15) is 20.9 Å². The van der Waals surface area contributed by atoms with Gasteiger partial charge in [-0.25, -0.2) is 0 Å². The van der Waals surface area contributed by atoms with E-state index in [1.165, 1.54) is 20.9 Å². The first-order valence-corrected chi connectivity index (χ1v) is 4.95. The first-order valence-electron chi connectivity index (χ1n) is 3.24. The second-order valence-electron chi connectivity index (χ2n) is 2.40. The SMILES string of the molecule is Cc1sc(C)c([CH]=[Ti])c1C. The van der Waals surface area contributed by atoms with E-state index in [2.05, 4.69) is 45.1 Å². The Bertz CT molecular complexity index is 260. The zero-order valence-electron chi connectivity index (χ0n) is 6.49. The molecule has 0 saturated carbocycles. The van der Waals surface area contributed by atoms with Crippen molar-refractivity contribution in [1.29, 1.82) is 0 Å². The van der Waals surface area contributed by atoms with Crippen LogP contribution in [-0.4, -0.2) is 4.31 Å². The summed E-state index contributed by atoms with van der Waals surface area (Å²) >= 11 is 3.99. The molecule has 1 rings (SSSR count). The molecule has 0 N–H and O–H groups in total. The molecule has 0 nitrogen and oxygen atoms in total. The van der Waals surface area contributed by atoms with E-state index in [-0.39, 0.29) is 0 Å². The van der Waals surface area contributed by atoms with Crippen molar-refractivity contribution < 1.29 is 20.0 Å². The molecule has 52 valence electrons. The number of rotatable bonds is 1. The van der Waals surface area contributed by atoms with Gasteiger partial charge in [0.05, 0.1) is 0 Å². The average molecular weight is 186 g/mol. The Morgan fingerprint density at radius 1 is 1.20 bits per heavy atom. The van der Waals surface area contributed by atoms with Gasteiger partial charge in [-0.15, -0.1) is 0 Å². The molecule has 0 amide bonds. The summed E-state index contributed by atoms with van der Waals surface area (Å²) < 4.78 is 2.19. The second kappa shape index (κ2) is 3.12. The van der Waals surface area contributed by atoms with Gasteiger partial charge in [0, 0.05) is 0 Å². The molecule has 0 aliphatic heterocycles. The molecule has 0 atom stereocenters. The maximum atomic E-state index is 2.19. The Morgan fingerprint density at radius 2 is 1.80 bits per heavy atom. The van der Waals surface area contributed by atoms with Crippen LogP contribution >= 0.6 is 11.3 Å². The Balaban J connectivity index is 3.33. The van der Waals surface area contributed by atoms with E-state index in [4.69, 9.17) is 0 Å². The van der Waals surface area contributed by atoms with Crippen molar-refractivity contribution in [3.05, 3.63) is 20.9 Å². The zero-order valence-corrected chi connectivity index (χ0v) is 8.86. The maximum absolute atomic E-state index is 2.19. The Kier molecular flexibility index (Phi) is 2.62. The van der Waals surface area contributed by atoms with E-state index in [1.807, 2.05) is 11.3 Å². The van der Waals surface area contributed by atoms with Gasteiger partial charge in [-0.3, -0.25) is 0 Å². The van der Waals surface area contributed by atoms with Gasteiger partial charge in [0.15, 0.2) is 0 Å². The molecular weight excluding hydrogens is 176 g/mol.